The minimum absolute atomic E-state index is 0.0263. The van der Waals surface area contributed by atoms with E-state index in [2.05, 4.69) is 34.2 Å². The smallest absolute Gasteiger partial charge is 0.257 e. The van der Waals surface area contributed by atoms with Gasteiger partial charge in [-0.3, -0.25) is 4.79 Å². The second-order valence-corrected chi connectivity index (χ2v) is 8.85. The third-order valence-electron chi connectivity index (χ3n) is 6.18. The van der Waals surface area contributed by atoms with E-state index in [-0.39, 0.29) is 5.91 Å². The van der Waals surface area contributed by atoms with Crippen molar-refractivity contribution in [2.75, 3.05) is 31.1 Å². The number of carbonyl (C=O) groups excluding carboxylic acids is 1. The number of hydrogen-bond acceptors (Lipinski definition) is 6. The van der Waals surface area contributed by atoms with Crippen LogP contribution in [0.15, 0.2) is 65.5 Å². The van der Waals surface area contributed by atoms with Crippen molar-refractivity contribution in [3.63, 3.8) is 0 Å². The highest BCUT2D eigenvalue weighted by Gasteiger charge is 2.27. The summed E-state index contributed by atoms with van der Waals surface area (Å²) >= 11 is 6.28. The van der Waals surface area contributed by atoms with E-state index in [1.165, 1.54) is 12.5 Å². The van der Waals surface area contributed by atoms with Crippen LogP contribution < -0.4 is 4.90 Å². The molecular formula is C25H21ClN6O2. The lowest BCUT2D eigenvalue weighted by Crippen LogP contribution is -2.49. The van der Waals surface area contributed by atoms with Crippen LogP contribution in [0.3, 0.4) is 0 Å². The minimum Gasteiger partial charge on any atom is -0.472 e. The Morgan fingerprint density at radius 1 is 1.03 bits per heavy atom. The van der Waals surface area contributed by atoms with E-state index in [0.29, 0.717) is 36.8 Å². The molecule has 2 aromatic carbocycles. The van der Waals surface area contributed by atoms with Gasteiger partial charge in [-0.15, -0.1) is 10.2 Å². The topological polar surface area (TPSA) is 79.8 Å². The first-order valence-electron chi connectivity index (χ1n) is 11.1. The van der Waals surface area contributed by atoms with Gasteiger partial charge in [-0.05, 0) is 37.3 Å². The number of fused-ring (bicyclic) bond motifs is 3. The van der Waals surface area contributed by atoms with Crippen molar-refractivity contribution in [2.45, 2.75) is 6.92 Å². The van der Waals surface area contributed by atoms with Gasteiger partial charge < -0.3 is 14.2 Å². The van der Waals surface area contributed by atoms with Crippen molar-refractivity contribution in [1.82, 2.24) is 24.5 Å². The highest BCUT2D eigenvalue weighted by Crippen LogP contribution is 2.30. The third-order valence-corrected chi connectivity index (χ3v) is 6.41. The number of halogens is 1. The number of benzene rings is 2. The summed E-state index contributed by atoms with van der Waals surface area (Å²) in [4.78, 5) is 21.8. The normalized spacial score (nSPS) is 14.3. The largest absolute Gasteiger partial charge is 0.472 e. The quantitative estimate of drug-likeness (QED) is 0.385. The molecule has 9 heteroatoms. The molecule has 170 valence electrons. The number of aryl methyl sites for hydroxylation is 1. The summed E-state index contributed by atoms with van der Waals surface area (Å²) in [6.45, 7) is 4.46. The molecule has 0 radical (unpaired) electrons. The fourth-order valence-electron chi connectivity index (χ4n) is 4.45. The summed E-state index contributed by atoms with van der Waals surface area (Å²) in [6.07, 6.45) is 3.00. The molecule has 6 rings (SSSR count). The molecule has 0 bridgehead atoms. The number of amides is 1. The molecule has 0 atom stereocenters. The second kappa shape index (κ2) is 8.14. The number of aromatic nitrogens is 4. The van der Waals surface area contributed by atoms with E-state index in [1.807, 2.05) is 39.6 Å². The van der Waals surface area contributed by atoms with Crippen molar-refractivity contribution in [1.29, 1.82) is 0 Å². The van der Waals surface area contributed by atoms with E-state index < -0.39 is 0 Å². The number of furan rings is 1. The molecule has 1 fully saturated rings. The van der Waals surface area contributed by atoms with Gasteiger partial charge in [0.25, 0.3) is 5.91 Å². The highest BCUT2D eigenvalue weighted by atomic mass is 35.5. The Labute approximate surface area is 200 Å². The van der Waals surface area contributed by atoms with Gasteiger partial charge in [0.05, 0.1) is 17.3 Å². The van der Waals surface area contributed by atoms with Gasteiger partial charge in [0.15, 0.2) is 11.5 Å². The van der Waals surface area contributed by atoms with Crippen LogP contribution in [0.2, 0.25) is 5.02 Å². The second-order valence-electron chi connectivity index (χ2n) is 8.42. The maximum atomic E-state index is 12.8. The molecular weight excluding hydrogens is 452 g/mol. The van der Waals surface area contributed by atoms with E-state index in [9.17, 15) is 4.79 Å². The molecule has 4 heterocycles. The number of anilines is 1. The molecule has 0 spiro atoms. The fraction of sp³-hybridized carbons (Fsp3) is 0.200. The van der Waals surface area contributed by atoms with Crippen molar-refractivity contribution < 1.29 is 9.21 Å². The molecule has 1 aliphatic rings. The van der Waals surface area contributed by atoms with E-state index in [4.69, 9.17) is 21.0 Å². The van der Waals surface area contributed by atoms with Crippen LogP contribution in [0.1, 0.15) is 15.9 Å². The van der Waals surface area contributed by atoms with Crippen molar-refractivity contribution in [2.24, 2.45) is 0 Å². The van der Waals surface area contributed by atoms with Crippen LogP contribution in [-0.2, 0) is 0 Å². The van der Waals surface area contributed by atoms with Crippen LogP contribution in [0.5, 0.6) is 0 Å². The first-order valence-corrected chi connectivity index (χ1v) is 11.4. The lowest BCUT2D eigenvalue weighted by atomic mass is 10.1. The molecule has 34 heavy (non-hydrogen) atoms. The highest BCUT2D eigenvalue weighted by molar-refractivity contribution is 6.31. The summed E-state index contributed by atoms with van der Waals surface area (Å²) in [6, 6.07) is 15.5. The molecule has 0 aliphatic carbocycles. The van der Waals surface area contributed by atoms with Crippen molar-refractivity contribution >= 4 is 40.0 Å². The van der Waals surface area contributed by atoms with Gasteiger partial charge in [0.1, 0.15) is 6.26 Å². The molecule has 1 saturated heterocycles. The predicted octanol–water partition coefficient (Wildman–Crippen LogP) is 4.46. The zero-order chi connectivity index (χ0) is 23.2. The van der Waals surface area contributed by atoms with Crippen molar-refractivity contribution in [3.05, 3.63) is 77.2 Å². The maximum absolute atomic E-state index is 12.8. The number of nitrogens with zero attached hydrogens (tertiary/aromatic N) is 6. The zero-order valence-electron chi connectivity index (χ0n) is 18.5. The third kappa shape index (κ3) is 3.47. The number of rotatable bonds is 3. The lowest BCUT2D eigenvalue weighted by Gasteiger charge is -2.35. The van der Waals surface area contributed by atoms with Gasteiger partial charge in [0, 0.05) is 42.2 Å². The van der Waals surface area contributed by atoms with Crippen LogP contribution in [0.4, 0.5) is 5.95 Å². The van der Waals surface area contributed by atoms with Gasteiger partial charge in [-0.25, -0.2) is 9.38 Å². The number of hydrogen-bond donors (Lipinski definition) is 0. The van der Waals surface area contributed by atoms with Crippen molar-refractivity contribution in [3.8, 4) is 11.4 Å². The zero-order valence-corrected chi connectivity index (χ0v) is 19.2. The standard InChI is InChI=1S/C25H21ClN6O2/c1-16-3-2-4-17(13-16)22-28-29-23-20-6-5-19(26)14-21(20)27-25(32(22)23)31-10-8-30(9-11-31)24(33)18-7-12-34-15-18/h2-7,12-15H,8-11H2,1H3. The van der Waals surface area contributed by atoms with E-state index in [1.54, 1.807) is 6.07 Å². The fourth-order valence-corrected chi connectivity index (χ4v) is 4.62. The Morgan fingerprint density at radius 2 is 1.88 bits per heavy atom. The monoisotopic (exact) mass is 472 g/mol. The molecule has 0 N–H and O–H groups in total. The number of carbonyl (C=O) groups is 1. The Hall–Kier alpha value is -3.91. The summed E-state index contributed by atoms with van der Waals surface area (Å²) in [5, 5.41) is 10.6. The van der Waals surface area contributed by atoms with Gasteiger partial charge in [-0.1, -0.05) is 35.4 Å². The summed E-state index contributed by atoms with van der Waals surface area (Å²) < 4.78 is 7.09. The lowest BCUT2D eigenvalue weighted by molar-refractivity contribution is 0.0745. The summed E-state index contributed by atoms with van der Waals surface area (Å²) in [7, 11) is 0. The number of piperazine rings is 1. The minimum atomic E-state index is -0.0263. The Bertz CT molecular complexity index is 1520. The van der Waals surface area contributed by atoms with Crippen LogP contribution in [0.25, 0.3) is 27.9 Å². The summed E-state index contributed by atoms with van der Waals surface area (Å²) in [5.41, 5.74) is 4.16. The molecule has 3 aromatic heterocycles. The average Bonchev–Trinajstić information content (AvgIpc) is 3.54. The molecule has 8 nitrogen and oxygen atoms in total. The Balaban J connectivity index is 1.44. The Kier molecular flexibility index (Phi) is 4.95. The molecule has 1 aliphatic heterocycles. The first-order chi connectivity index (χ1) is 16.6. The predicted molar refractivity (Wildman–Crippen MR) is 130 cm³/mol. The van der Waals surface area contributed by atoms with E-state index >= 15 is 0 Å². The molecule has 5 aromatic rings. The average molecular weight is 473 g/mol. The molecule has 0 unspecified atom stereocenters. The molecule has 0 saturated carbocycles. The summed E-state index contributed by atoms with van der Waals surface area (Å²) in [5.74, 6) is 1.44. The maximum Gasteiger partial charge on any atom is 0.257 e. The SMILES string of the molecule is Cc1cccc(-c2nnc3c4ccc(Cl)cc4nc(N4CCN(C(=O)c5ccoc5)CC4)n23)c1. The molecule has 1 amide bonds. The Morgan fingerprint density at radius 3 is 2.65 bits per heavy atom. The van der Waals surface area contributed by atoms with E-state index in [0.717, 1.165) is 39.4 Å². The first kappa shape index (κ1) is 20.7. The van der Waals surface area contributed by atoms with Gasteiger partial charge >= 0.3 is 0 Å². The van der Waals surface area contributed by atoms with Gasteiger partial charge in [-0.2, -0.15) is 0 Å². The van der Waals surface area contributed by atoms with Crippen LogP contribution >= 0.6 is 11.6 Å². The van der Waals surface area contributed by atoms with Crippen LogP contribution in [-0.4, -0.2) is 56.6 Å². The van der Waals surface area contributed by atoms with Crippen LogP contribution in [0, 0.1) is 6.92 Å². The van der Waals surface area contributed by atoms with Gasteiger partial charge in [0.2, 0.25) is 5.95 Å².